The lowest BCUT2D eigenvalue weighted by molar-refractivity contribution is 1.16. The fraction of sp³-hybridized carbons (Fsp3) is 0.400. The normalized spacial score (nSPS) is 10.1. The molecular weight excluding hydrogens is 184 g/mol. The number of benzene rings is 1. The molecule has 0 aliphatic rings. The Balaban J connectivity index is 2.16. The first-order valence-corrected chi connectivity index (χ1v) is 5.94. The lowest BCUT2D eigenvalue weighted by Crippen LogP contribution is -1.89. The maximum absolute atomic E-state index is 4.16. The third kappa shape index (κ3) is 4.07. The van der Waals surface area contributed by atoms with Crippen LogP contribution in [0.2, 0.25) is 0 Å². The molecule has 12 heavy (non-hydrogen) atoms. The van der Waals surface area contributed by atoms with Crippen molar-refractivity contribution in [2.45, 2.75) is 6.42 Å². The van der Waals surface area contributed by atoms with Gasteiger partial charge in [0.25, 0.3) is 0 Å². The van der Waals surface area contributed by atoms with Gasteiger partial charge in [-0.05, 0) is 23.5 Å². The van der Waals surface area contributed by atoms with Gasteiger partial charge in [0, 0.05) is 5.75 Å². The Morgan fingerprint density at radius 2 is 1.83 bits per heavy atom. The average molecular weight is 198 g/mol. The van der Waals surface area contributed by atoms with Crippen LogP contribution in [0.3, 0.4) is 0 Å². The minimum absolute atomic E-state index is 0.986. The Hall–Kier alpha value is -0.0800. The predicted octanol–water partition coefficient (Wildman–Crippen LogP) is 2.89. The SMILES string of the molecule is SCCSCCc1ccccc1. The van der Waals surface area contributed by atoms with Crippen LogP contribution in [0.4, 0.5) is 0 Å². The summed E-state index contributed by atoms with van der Waals surface area (Å²) in [4.78, 5) is 0. The van der Waals surface area contributed by atoms with Crippen molar-refractivity contribution in [2.75, 3.05) is 17.3 Å². The summed E-state index contributed by atoms with van der Waals surface area (Å²) in [5.74, 6) is 3.36. The molecular formula is C10H14S2. The van der Waals surface area contributed by atoms with E-state index in [0.717, 1.165) is 11.5 Å². The van der Waals surface area contributed by atoms with Gasteiger partial charge in [-0.2, -0.15) is 24.4 Å². The number of hydrogen-bond acceptors (Lipinski definition) is 2. The van der Waals surface area contributed by atoms with Crippen molar-refractivity contribution in [3.63, 3.8) is 0 Å². The molecule has 0 saturated heterocycles. The molecule has 0 aliphatic carbocycles. The highest BCUT2D eigenvalue weighted by molar-refractivity contribution is 7.99. The number of thiol groups is 1. The van der Waals surface area contributed by atoms with Crippen molar-refractivity contribution in [1.29, 1.82) is 0 Å². The highest BCUT2D eigenvalue weighted by atomic mass is 32.2. The lowest BCUT2D eigenvalue weighted by atomic mass is 10.2. The fourth-order valence-electron chi connectivity index (χ4n) is 1.00. The van der Waals surface area contributed by atoms with Crippen molar-refractivity contribution in [3.8, 4) is 0 Å². The Kier molecular flexibility index (Phi) is 5.37. The predicted molar refractivity (Wildman–Crippen MR) is 61.3 cm³/mol. The van der Waals surface area contributed by atoms with Gasteiger partial charge in [-0.1, -0.05) is 30.3 Å². The number of hydrogen-bond donors (Lipinski definition) is 1. The van der Waals surface area contributed by atoms with Crippen LogP contribution >= 0.6 is 24.4 Å². The van der Waals surface area contributed by atoms with E-state index in [0.29, 0.717) is 0 Å². The van der Waals surface area contributed by atoms with Crippen LogP contribution in [-0.4, -0.2) is 17.3 Å². The van der Waals surface area contributed by atoms with Gasteiger partial charge < -0.3 is 0 Å². The van der Waals surface area contributed by atoms with Crippen LogP contribution in [0.1, 0.15) is 5.56 Å². The molecule has 1 aromatic carbocycles. The second kappa shape index (κ2) is 6.44. The second-order valence-electron chi connectivity index (χ2n) is 2.57. The Morgan fingerprint density at radius 3 is 2.50 bits per heavy atom. The van der Waals surface area contributed by atoms with Crippen LogP contribution < -0.4 is 0 Å². The molecule has 1 rings (SSSR count). The second-order valence-corrected chi connectivity index (χ2v) is 4.24. The van der Waals surface area contributed by atoms with E-state index in [1.807, 2.05) is 11.8 Å². The molecule has 2 heteroatoms. The summed E-state index contributed by atoms with van der Waals surface area (Å²) < 4.78 is 0. The van der Waals surface area contributed by atoms with E-state index in [9.17, 15) is 0 Å². The molecule has 0 bridgehead atoms. The summed E-state index contributed by atoms with van der Waals surface area (Å²) in [5, 5.41) is 0. The summed E-state index contributed by atoms with van der Waals surface area (Å²) in [6.45, 7) is 0. The molecule has 66 valence electrons. The van der Waals surface area contributed by atoms with E-state index in [-0.39, 0.29) is 0 Å². The third-order valence-corrected chi connectivity index (χ3v) is 3.13. The molecule has 0 unspecified atom stereocenters. The fourth-order valence-corrected chi connectivity index (χ4v) is 2.10. The number of aryl methyl sites for hydroxylation is 1. The van der Waals surface area contributed by atoms with Crippen molar-refractivity contribution < 1.29 is 0 Å². The molecule has 0 aromatic heterocycles. The molecule has 0 amide bonds. The molecule has 0 atom stereocenters. The maximum atomic E-state index is 4.16. The Morgan fingerprint density at radius 1 is 1.08 bits per heavy atom. The monoisotopic (exact) mass is 198 g/mol. The van der Waals surface area contributed by atoms with Crippen molar-refractivity contribution in [3.05, 3.63) is 35.9 Å². The quantitative estimate of drug-likeness (QED) is 0.561. The zero-order chi connectivity index (χ0) is 8.65. The van der Waals surface area contributed by atoms with Gasteiger partial charge in [0.2, 0.25) is 0 Å². The van der Waals surface area contributed by atoms with E-state index in [4.69, 9.17) is 0 Å². The topological polar surface area (TPSA) is 0 Å². The Bertz CT molecular complexity index is 196. The van der Waals surface area contributed by atoms with Gasteiger partial charge in [0.15, 0.2) is 0 Å². The Labute approximate surface area is 84.2 Å². The molecule has 0 nitrogen and oxygen atoms in total. The van der Waals surface area contributed by atoms with E-state index in [2.05, 4.69) is 43.0 Å². The highest BCUT2D eigenvalue weighted by Crippen LogP contribution is 2.06. The standard InChI is InChI=1S/C10H14S2/c11-7-9-12-8-6-10-4-2-1-3-5-10/h1-5,11H,6-9H2. The van der Waals surface area contributed by atoms with E-state index in [1.54, 1.807) is 0 Å². The van der Waals surface area contributed by atoms with Crippen molar-refractivity contribution >= 4 is 24.4 Å². The van der Waals surface area contributed by atoms with E-state index >= 15 is 0 Å². The van der Waals surface area contributed by atoms with Gasteiger partial charge in [0.1, 0.15) is 0 Å². The van der Waals surface area contributed by atoms with Crippen LogP contribution in [0.25, 0.3) is 0 Å². The van der Waals surface area contributed by atoms with Crippen LogP contribution in [0.5, 0.6) is 0 Å². The van der Waals surface area contributed by atoms with E-state index < -0.39 is 0 Å². The summed E-state index contributed by atoms with van der Waals surface area (Å²) in [7, 11) is 0. The zero-order valence-corrected chi connectivity index (χ0v) is 8.78. The van der Waals surface area contributed by atoms with E-state index in [1.165, 1.54) is 17.7 Å². The minimum atomic E-state index is 0.986. The summed E-state index contributed by atoms with van der Waals surface area (Å²) in [6.07, 6.45) is 1.18. The highest BCUT2D eigenvalue weighted by Gasteiger charge is 1.90. The first kappa shape index (κ1) is 10.0. The minimum Gasteiger partial charge on any atom is -0.179 e. The first-order chi connectivity index (χ1) is 5.93. The average Bonchev–Trinajstić information content (AvgIpc) is 2.14. The number of thioether (sulfide) groups is 1. The molecule has 1 aromatic rings. The summed E-state index contributed by atoms with van der Waals surface area (Å²) in [6, 6.07) is 10.6. The van der Waals surface area contributed by atoms with Crippen LogP contribution in [0, 0.1) is 0 Å². The summed E-state index contributed by atoms with van der Waals surface area (Å²) >= 11 is 6.13. The zero-order valence-electron chi connectivity index (χ0n) is 7.07. The largest absolute Gasteiger partial charge is 0.179 e. The van der Waals surface area contributed by atoms with Gasteiger partial charge in [0.05, 0.1) is 0 Å². The molecule has 0 heterocycles. The van der Waals surface area contributed by atoms with Gasteiger partial charge in [-0.3, -0.25) is 0 Å². The first-order valence-electron chi connectivity index (χ1n) is 4.16. The van der Waals surface area contributed by atoms with Crippen molar-refractivity contribution in [2.24, 2.45) is 0 Å². The smallest absolute Gasteiger partial charge is 0.00211 e. The third-order valence-electron chi connectivity index (χ3n) is 1.61. The molecule has 0 aliphatic heterocycles. The molecule has 0 saturated carbocycles. The maximum Gasteiger partial charge on any atom is 0.00211 e. The molecule has 0 fully saturated rings. The van der Waals surface area contributed by atoms with Crippen molar-refractivity contribution in [1.82, 2.24) is 0 Å². The van der Waals surface area contributed by atoms with Crippen LogP contribution in [0.15, 0.2) is 30.3 Å². The molecule has 0 N–H and O–H groups in total. The number of rotatable bonds is 5. The summed E-state index contributed by atoms with van der Waals surface area (Å²) in [5.41, 5.74) is 1.43. The lowest BCUT2D eigenvalue weighted by Gasteiger charge is -1.99. The van der Waals surface area contributed by atoms with Gasteiger partial charge in [-0.15, -0.1) is 0 Å². The van der Waals surface area contributed by atoms with Crippen LogP contribution in [-0.2, 0) is 6.42 Å². The molecule has 0 spiro atoms. The van der Waals surface area contributed by atoms with Gasteiger partial charge >= 0.3 is 0 Å². The van der Waals surface area contributed by atoms with Gasteiger partial charge in [-0.25, -0.2) is 0 Å². The molecule has 0 radical (unpaired) electrons.